The van der Waals surface area contributed by atoms with Crippen LogP contribution in [0.1, 0.15) is 36.1 Å². The molecular weight excluding hydrogens is 310 g/mol. The maximum atomic E-state index is 12.3. The number of carbonyl (C=O) groups is 1. The first-order valence-corrected chi connectivity index (χ1v) is 8.21. The summed E-state index contributed by atoms with van der Waals surface area (Å²) in [5, 5.41) is 0.692. The fourth-order valence-electron chi connectivity index (χ4n) is 3.23. The molecule has 0 aromatic heterocycles. The van der Waals surface area contributed by atoms with E-state index >= 15 is 0 Å². The van der Waals surface area contributed by atoms with Crippen molar-refractivity contribution in [1.29, 1.82) is 0 Å². The van der Waals surface area contributed by atoms with Crippen molar-refractivity contribution in [2.75, 3.05) is 13.7 Å². The van der Waals surface area contributed by atoms with Gasteiger partial charge in [0.1, 0.15) is 6.10 Å². The number of halogens is 1. The van der Waals surface area contributed by atoms with Crippen molar-refractivity contribution in [1.82, 2.24) is 4.90 Å². The molecule has 120 valence electrons. The molecule has 1 saturated heterocycles. The van der Waals surface area contributed by atoms with Gasteiger partial charge in [-0.3, -0.25) is 4.79 Å². The molecule has 0 saturated carbocycles. The maximum Gasteiger partial charge on any atom is 0.223 e. The van der Waals surface area contributed by atoms with Gasteiger partial charge in [-0.1, -0.05) is 54.1 Å². The molecule has 1 amide bonds. The highest BCUT2D eigenvalue weighted by atomic mass is 35.5. The molecule has 0 bridgehead atoms. The monoisotopic (exact) mass is 329 g/mol. The third kappa shape index (κ3) is 3.41. The molecule has 1 heterocycles. The van der Waals surface area contributed by atoms with Crippen LogP contribution in [-0.4, -0.2) is 24.5 Å². The topological polar surface area (TPSA) is 29.5 Å². The van der Waals surface area contributed by atoms with Crippen LogP contribution in [0.3, 0.4) is 0 Å². The zero-order valence-corrected chi connectivity index (χ0v) is 13.9. The molecule has 0 aliphatic carbocycles. The van der Waals surface area contributed by atoms with E-state index in [-0.39, 0.29) is 18.1 Å². The molecule has 1 fully saturated rings. The third-order valence-corrected chi connectivity index (χ3v) is 4.58. The molecule has 1 aliphatic heterocycles. The van der Waals surface area contributed by atoms with Crippen LogP contribution in [0, 0.1) is 0 Å². The molecule has 0 N–H and O–H groups in total. The Morgan fingerprint density at radius 1 is 1.04 bits per heavy atom. The van der Waals surface area contributed by atoms with Gasteiger partial charge in [0, 0.05) is 25.1 Å². The van der Waals surface area contributed by atoms with Crippen molar-refractivity contribution in [3.8, 4) is 0 Å². The first kappa shape index (κ1) is 16.0. The number of ether oxygens (including phenoxy) is 1. The molecule has 2 aromatic carbocycles. The Hall–Kier alpha value is -1.84. The average molecular weight is 330 g/mol. The van der Waals surface area contributed by atoms with Gasteiger partial charge in [-0.2, -0.15) is 0 Å². The van der Waals surface area contributed by atoms with Crippen LogP contribution in [-0.2, 0) is 9.53 Å². The van der Waals surface area contributed by atoms with E-state index in [2.05, 4.69) is 12.1 Å². The van der Waals surface area contributed by atoms with Crippen molar-refractivity contribution < 1.29 is 9.53 Å². The SMILES string of the molecule is COC(c1ccc(Cl)cc1)[C@H](c1ccccc1)N1CCCC1=O. The molecule has 3 rings (SSSR count). The minimum atomic E-state index is -0.225. The van der Waals surface area contributed by atoms with E-state index in [0.717, 1.165) is 24.1 Å². The Morgan fingerprint density at radius 2 is 1.74 bits per heavy atom. The summed E-state index contributed by atoms with van der Waals surface area (Å²) >= 11 is 6.00. The summed E-state index contributed by atoms with van der Waals surface area (Å²) in [5.74, 6) is 0.190. The molecule has 3 nitrogen and oxygen atoms in total. The Bertz CT molecular complexity index is 657. The largest absolute Gasteiger partial charge is 0.374 e. The number of nitrogens with zero attached hydrogens (tertiary/aromatic N) is 1. The second kappa shape index (κ2) is 7.16. The molecular formula is C19H20ClNO2. The van der Waals surface area contributed by atoms with Crippen LogP contribution in [0.5, 0.6) is 0 Å². The predicted octanol–water partition coefficient (Wildman–Crippen LogP) is 4.39. The van der Waals surface area contributed by atoms with E-state index in [9.17, 15) is 4.79 Å². The highest BCUT2D eigenvalue weighted by Gasteiger charge is 2.35. The predicted molar refractivity (Wildman–Crippen MR) is 91.3 cm³/mol. The van der Waals surface area contributed by atoms with E-state index in [1.54, 1.807) is 7.11 Å². The summed E-state index contributed by atoms with van der Waals surface area (Å²) in [6.07, 6.45) is 1.29. The van der Waals surface area contributed by atoms with E-state index < -0.39 is 0 Å². The second-order valence-electron chi connectivity index (χ2n) is 5.75. The van der Waals surface area contributed by atoms with Gasteiger partial charge in [-0.25, -0.2) is 0 Å². The zero-order valence-electron chi connectivity index (χ0n) is 13.1. The summed E-state index contributed by atoms with van der Waals surface area (Å²) < 4.78 is 5.82. The highest BCUT2D eigenvalue weighted by molar-refractivity contribution is 6.30. The minimum Gasteiger partial charge on any atom is -0.374 e. The number of rotatable bonds is 5. The fraction of sp³-hybridized carbons (Fsp3) is 0.316. The zero-order chi connectivity index (χ0) is 16.2. The lowest BCUT2D eigenvalue weighted by Crippen LogP contribution is -2.34. The quantitative estimate of drug-likeness (QED) is 0.814. The number of likely N-dealkylation sites (tertiary alicyclic amines) is 1. The summed E-state index contributed by atoms with van der Waals surface area (Å²) in [5.41, 5.74) is 2.11. The molecule has 1 aliphatic rings. The number of methoxy groups -OCH3 is 1. The molecule has 0 radical (unpaired) electrons. The van der Waals surface area contributed by atoms with Crippen molar-refractivity contribution in [3.05, 3.63) is 70.7 Å². The van der Waals surface area contributed by atoms with Crippen molar-refractivity contribution in [3.63, 3.8) is 0 Å². The maximum absolute atomic E-state index is 12.3. The van der Waals surface area contributed by atoms with Gasteiger partial charge in [0.25, 0.3) is 0 Å². The van der Waals surface area contributed by atoms with Crippen LogP contribution in [0.15, 0.2) is 54.6 Å². The van der Waals surface area contributed by atoms with Crippen LogP contribution in [0.25, 0.3) is 0 Å². The van der Waals surface area contributed by atoms with Crippen molar-refractivity contribution >= 4 is 17.5 Å². The lowest BCUT2D eigenvalue weighted by atomic mass is 9.94. The number of benzene rings is 2. The Balaban J connectivity index is 2.02. The van der Waals surface area contributed by atoms with E-state index in [4.69, 9.17) is 16.3 Å². The van der Waals surface area contributed by atoms with E-state index in [1.165, 1.54) is 0 Å². The van der Waals surface area contributed by atoms with Gasteiger partial charge in [-0.15, -0.1) is 0 Å². The first-order chi connectivity index (χ1) is 11.2. The van der Waals surface area contributed by atoms with Gasteiger partial charge < -0.3 is 9.64 Å². The smallest absolute Gasteiger partial charge is 0.223 e. The summed E-state index contributed by atoms with van der Waals surface area (Å²) in [6, 6.07) is 17.6. The van der Waals surface area contributed by atoms with Crippen LogP contribution < -0.4 is 0 Å². The Labute approximate surface area is 141 Å². The van der Waals surface area contributed by atoms with Gasteiger partial charge in [0.2, 0.25) is 5.91 Å². The molecule has 2 atom stereocenters. The summed E-state index contributed by atoms with van der Waals surface area (Å²) in [7, 11) is 1.69. The Kier molecular flexibility index (Phi) is 4.99. The summed E-state index contributed by atoms with van der Waals surface area (Å²) in [6.45, 7) is 0.770. The standard InChI is InChI=1S/C19H20ClNO2/c1-23-19(15-9-11-16(20)12-10-15)18(14-6-3-2-4-7-14)21-13-5-8-17(21)22/h2-4,6-7,9-12,18-19H,5,8,13H2,1H3/t18-,19?/m0/s1. The van der Waals surface area contributed by atoms with Crippen LogP contribution in [0.2, 0.25) is 5.02 Å². The van der Waals surface area contributed by atoms with E-state index in [1.807, 2.05) is 47.4 Å². The number of hydrogen-bond acceptors (Lipinski definition) is 2. The molecule has 0 spiro atoms. The van der Waals surface area contributed by atoms with Crippen molar-refractivity contribution in [2.45, 2.75) is 25.0 Å². The first-order valence-electron chi connectivity index (χ1n) is 7.83. The molecule has 23 heavy (non-hydrogen) atoms. The highest BCUT2D eigenvalue weighted by Crippen LogP contribution is 2.39. The number of hydrogen-bond donors (Lipinski definition) is 0. The van der Waals surface area contributed by atoms with Crippen molar-refractivity contribution in [2.24, 2.45) is 0 Å². The molecule has 1 unspecified atom stereocenters. The van der Waals surface area contributed by atoms with E-state index in [0.29, 0.717) is 11.4 Å². The molecule has 2 aromatic rings. The number of amides is 1. The summed E-state index contributed by atoms with van der Waals surface area (Å²) in [4.78, 5) is 14.3. The third-order valence-electron chi connectivity index (χ3n) is 4.33. The lowest BCUT2D eigenvalue weighted by Gasteiger charge is -2.34. The van der Waals surface area contributed by atoms with Crippen LogP contribution >= 0.6 is 11.6 Å². The van der Waals surface area contributed by atoms with Gasteiger partial charge in [-0.05, 0) is 29.7 Å². The Morgan fingerprint density at radius 3 is 2.30 bits per heavy atom. The average Bonchev–Trinajstić information content (AvgIpc) is 3.00. The fourth-order valence-corrected chi connectivity index (χ4v) is 3.36. The van der Waals surface area contributed by atoms with Crippen LogP contribution in [0.4, 0.5) is 0 Å². The van der Waals surface area contributed by atoms with Gasteiger partial charge in [0.15, 0.2) is 0 Å². The normalized spacial score (nSPS) is 17.3. The van der Waals surface area contributed by atoms with Gasteiger partial charge >= 0.3 is 0 Å². The minimum absolute atomic E-state index is 0.127. The second-order valence-corrected chi connectivity index (χ2v) is 6.19. The van der Waals surface area contributed by atoms with Gasteiger partial charge in [0.05, 0.1) is 6.04 Å². The lowest BCUT2D eigenvalue weighted by molar-refractivity contribution is -0.133. The molecule has 4 heteroatoms. The number of carbonyl (C=O) groups excluding carboxylic acids is 1.